The van der Waals surface area contributed by atoms with E-state index in [9.17, 15) is 4.79 Å². The summed E-state index contributed by atoms with van der Waals surface area (Å²) in [5.74, 6) is 0.599. The van der Waals surface area contributed by atoms with Crippen molar-refractivity contribution < 1.29 is 9.53 Å². The average Bonchev–Trinajstić information content (AvgIpc) is 2.75. The molecule has 1 heterocycles. The standard InChI is InChI=1S/C15H18N2O2S/c1-10-6-4-5-7-13(10)19-9-14(18)16-8-15-17-11(2)12(3)20-15/h4-7H,8-9H2,1-3H3,(H,16,18). The minimum absolute atomic E-state index is 0.0220. The van der Waals surface area contributed by atoms with Gasteiger partial charge in [0.05, 0.1) is 12.2 Å². The molecule has 4 nitrogen and oxygen atoms in total. The number of nitrogens with one attached hydrogen (secondary N) is 1. The van der Waals surface area contributed by atoms with Crippen LogP contribution in [0.15, 0.2) is 24.3 Å². The highest BCUT2D eigenvalue weighted by Gasteiger charge is 2.07. The number of hydrogen-bond acceptors (Lipinski definition) is 4. The number of thiazole rings is 1. The predicted octanol–water partition coefficient (Wildman–Crippen LogP) is 2.76. The van der Waals surface area contributed by atoms with Gasteiger partial charge >= 0.3 is 0 Å². The van der Waals surface area contributed by atoms with E-state index in [1.54, 1.807) is 11.3 Å². The van der Waals surface area contributed by atoms with Crippen LogP contribution in [0.3, 0.4) is 0 Å². The second-order valence-corrected chi connectivity index (χ2v) is 5.87. The summed E-state index contributed by atoms with van der Waals surface area (Å²) in [7, 11) is 0. The zero-order valence-electron chi connectivity index (χ0n) is 11.9. The van der Waals surface area contributed by atoms with Gasteiger partial charge in [-0.1, -0.05) is 18.2 Å². The van der Waals surface area contributed by atoms with Crippen molar-refractivity contribution in [2.24, 2.45) is 0 Å². The van der Waals surface area contributed by atoms with Crippen LogP contribution in [0, 0.1) is 20.8 Å². The van der Waals surface area contributed by atoms with E-state index in [0.29, 0.717) is 6.54 Å². The van der Waals surface area contributed by atoms with Crippen LogP contribution in [0.4, 0.5) is 0 Å². The number of aryl methyl sites for hydroxylation is 3. The van der Waals surface area contributed by atoms with E-state index >= 15 is 0 Å². The molecular formula is C15H18N2O2S. The van der Waals surface area contributed by atoms with E-state index in [1.807, 2.05) is 45.0 Å². The molecule has 0 aliphatic heterocycles. The quantitative estimate of drug-likeness (QED) is 0.921. The van der Waals surface area contributed by atoms with E-state index < -0.39 is 0 Å². The number of ether oxygens (including phenoxy) is 1. The van der Waals surface area contributed by atoms with E-state index in [4.69, 9.17) is 4.74 Å². The Labute approximate surface area is 122 Å². The molecule has 0 bridgehead atoms. The first-order chi connectivity index (χ1) is 9.56. The normalized spacial score (nSPS) is 10.3. The second kappa shape index (κ2) is 6.52. The lowest BCUT2D eigenvalue weighted by atomic mass is 10.2. The lowest BCUT2D eigenvalue weighted by Gasteiger charge is -2.08. The summed E-state index contributed by atoms with van der Waals surface area (Å²) in [6, 6.07) is 7.64. The van der Waals surface area contributed by atoms with Crippen molar-refractivity contribution in [2.45, 2.75) is 27.3 Å². The van der Waals surface area contributed by atoms with Gasteiger partial charge in [0.25, 0.3) is 5.91 Å². The van der Waals surface area contributed by atoms with Crippen LogP contribution in [0.2, 0.25) is 0 Å². The van der Waals surface area contributed by atoms with Gasteiger partial charge in [-0.15, -0.1) is 11.3 Å². The number of para-hydroxylation sites is 1. The van der Waals surface area contributed by atoms with Crippen molar-refractivity contribution in [2.75, 3.05) is 6.61 Å². The Bertz CT molecular complexity index is 588. The van der Waals surface area contributed by atoms with Crippen molar-refractivity contribution in [3.8, 4) is 5.75 Å². The van der Waals surface area contributed by atoms with Gasteiger partial charge in [-0.3, -0.25) is 4.79 Å². The molecule has 0 saturated carbocycles. The van der Waals surface area contributed by atoms with Crippen LogP contribution in [-0.4, -0.2) is 17.5 Å². The molecule has 0 atom stereocenters. The highest BCUT2D eigenvalue weighted by atomic mass is 32.1. The molecule has 1 amide bonds. The van der Waals surface area contributed by atoms with Crippen molar-refractivity contribution in [1.82, 2.24) is 10.3 Å². The van der Waals surface area contributed by atoms with Gasteiger partial charge in [0.2, 0.25) is 0 Å². The smallest absolute Gasteiger partial charge is 0.258 e. The monoisotopic (exact) mass is 290 g/mol. The van der Waals surface area contributed by atoms with Gasteiger partial charge in [0.1, 0.15) is 10.8 Å². The van der Waals surface area contributed by atoms with Gasteiger partial charge < -0.3 is 10.1 Å². The topological polar surface area (TPSA) is 51.2 Å². The van der Waals surface area contributed by atoms with Crippen LogP contribution >= 0.6 is 11.3 Å². The third-order valence-corrected chi connectivity index (χ3v) is 4.03. The second-order valence-electron chi connectivity index (χ2n) is 4.58. The number of hydrogen-bond donors (Lipinski definition) is 1. The Morgan fingerprint density at radius 2 is 2.05 bits per heavy atom. The molecule has 106 valence electrons. The maximum atomic E-state index is 11.7. The SMILES string of the molecule is Cc1ccccc1OCC(=O)NCc1nc(C)c(C)s1. The zero-order chi connectivity index (χ0) is 14.5. The molecule has 5 heteroatoms. The minimum atomic E-state index is -0.140. The summed E-state index contributed by atoms with van der Waals surface area (Å²) >= 11 is 1.61. The number of benzene rings is 1. The van der Waals surface area contributed by atoms with Gasteiger partial charge in [-0.05, 0) is 32.4 Å². The van der Waals surface area contributed by atoms with Gasteiger partial charge in [0, 0.05) is 4.88 Å². The van der Waals surface area contributed by atoms with Crippen LogP contribution < -0.4 is 10.1 Å². The van der Waals surface area contributed by atoms with Crippen molar-refractivity contribution in [1.29, 1.82) is 0 Å². The largest absolute Gasteiger partial charge is 0.484 e. The zero-order valence-corrected chi connectivity index (χ0v) is 12.7. The highest BCUT2D eigenvalue weighted by molar-refractivity contribution is 7.11. The van der Waals surface area contributed by atoms with Crippen molar-refractivity contribution >= 4 is 17.2 Å². The minimum Gasteiger partial charge on any atom is -0.484 e. The molecule has 1 aromatic heterocycles. The van der Waals surface area contributed by atoms with Gasteiger partial charge in [-0.2, -0.15) is 0 Å². The molecule has 0 aliphatic carbocycles. The number of rotatable bonds is 5. The maximum absolute atomic E-state index is 11.7. The fourth-order valence-corrected chi connectivity index (χ4v) is 2.58. The summed E-state index contributed by atoms with van der Waals surface area (Å²) in [6.45, 7) is 6.43. The number of nitrogens with zero attached hydrogens (tertiary/aromatic N) is 1. The molecule has 0 radical (unpaired) electrons. The molecular weight excluding hydrogens is 272 g/mol. The number of aromatic nitrogens is 1. The van der Waals surface area contributed by atoms with Crippen LogP contribution in [0.5, 0.6) is 5.75 Å². The lowest BCUT2D eigenvalue weighted by Crippen LogP contribution is -2.28. The molecule has 0 fully saturated rings. The first kappa shape index (κ1) is 14.5. The van der Waals surface area contributed by atoms with Crippen LogP contribution in [0.1, 0.15) is 21.1 Å². The molecule has 0 aliphatic rings. The highest BCUT2D eigenvalue weighted by Crippen LogP contribution is 2.17. The Morgan fingerprint density at radius 1 is 1.30 bits per heavy atom. The Balaban J connectivity index is 1.80. The molecule has 0 spiro atoms. The molecule has 1 N–H and O–H groups in total. The molecule has 0 unspecified atom stereocenters. The first-order valence-electron chi connectivity index (χ1n) is 6.44. The number of amides is 1. The van der Waals surface area contributed by atoms with Crippen molar-refractivity contribution in [3.05, 3.63) is 45.4 Å². The molecule has 20 heavy (non-hydrogen) atoms. The van der Waals surface area contributed by atoms with Crippen LogP contribution in [0.25, 0.3) is 0 Å². The van der Waals surface area contributed by atoms with E-state index in [2.05, 4.69) is 10.3 Å². The first-order valence-corrected chi connectivity index (χ1v) is 7.26. The Kier molecular flexibility index (Phi) is 4.74. The fraction of sp³-hybridized carbons (Fsp3) is 0.333. The molecule has 2 rings (SSSR count). The molecule has 0 saturated heterocycles. The maximum Gasteiger partial charge on any atom is 0.258 e. The number of carbonyl (C=O) groups is 1. The third kappa shape index (κ3) is 3.81. The van der Waals surface area contributed by atoms with Crippen molar-refractivity contribution in [3.63, 3.8) is 0 Å². The summed E-state index contributed by atoms with van der Waals surface area (Å²) in [5.41, 5.74) is 2.04. The van der Waals surface area contributed by atoms with Crippen LogP contribution in [-0.2, 0) is 11.3 Å². The summed E-state index contributed by atoms with van der Waals surface area (Å²) < 4.78 is 5.49. The fourth-order valence-electron chi connectivity index (χ4n) is 1.70. The van der Waals surface area contributed by atoms with Gasteiger partial charge in [0.15, 0.2) is 6.61 Å². The molecule has 1 aromatic carbocycles. The van der Waals surface area contributed by atoms with E-state index in [0.717, 1.165) is 22.0 Å². The lowest BCUT2D eigenvalue weighted by molar-refractivity contribution is -0.123. The van der Waals surface area contributed by atoms with E-state index in [-0.39, 0.29) is 12.5 Å². The van der Waals surface area contributed by atoms with E-state index in [1.165, 1.54) is 4.88 Å². The molecule has 2 aromatic rings. The third-order valence-electron chi connectivity index (χ3n) is 2.96. The Hall–Kier alpha value is -1.88. The summed E-state index contributed by atoms with van der Waals surface area (Å²) in [4.78, 5) is 17.3. The predicted molar refractivity (Wildman–Crippen MR) is 80.1 cm³/mol. The van der Waals surface area contributed by atoms with Gasteiger partial charge in [-0.25, -0.2) is 4.98 Å². The summed E-state index contributed by atoms with van der Waals surface area (Å²) in [6.07, 6.45) is 0. The average molecular weight is 290 g/mol. The summed E-state index contributed by atoms with van der Waals surface area (Å²) in [5, 5.41) is 3.73. The number of carbonyl (C=O) groups excluding carboxylic acids is 1. The Morgan fingerprint density at radius 3 is 2.70 bits per heavy atom.